The lowest BCUT2D eigenvalue weighted by atomic mass is 10.1. The number of fused-ring (bicyclic) bond motifs is 1. The van der Waals surface area contributed by atoms with E-state index < -0.39 is 4.92 Å². The number of thiophene rings is 1. The van der Waals surface area contributed by atoms with Gasteiger partial charge in [0.05, 0.1) is 15.5 Å². The molecule has 0 aliphatic carbocycles. The van der Waals surface area contributed by atoms with Gasteiger partial charge in [0, 0.05) is 31.6 Å². The van der Waals surface area contributed by atoms with E-state index in [0.29, 0.717) is 23.5 Å². The van der Waals surface area contributed by atoms with Gasteiger partial charge in [-0.3, -0.25) is 19.7 Å². The molecule has 24 heavy (non-hydrogen) atoms. The Morgan fingerprint density at radius 2 is 2.17 bits per heavy atom. The fourth-order valence-electron chi connectivity index (χ4n) is 2.65. The molecule has 1 aromatic carbocycles. The van der Waals surface area contributed by atoms with Crippen molar-refractivity contribution in [2.24, 2.45) is 0 Å². The van der Waals surface area contributed by atoms with Crippen LogP contribution in [0.5, 0.6) is 0 Å². The van der Waals surface area contributed by atoms with Gasteiger partial charge in [-0.2, -0.15) is 0 Å². The van der Waals surface area contributed by atoms with Crippen LogP contribution in [0.2, 0.25) is 0 Å². The van der Waals surface area contributed by atoms with Crippen molar-refractivity contribution in [2.45, 2.75) is 12.8 Å². The van der Waals surface area contributed by atoms with Crippen molar-refractivity contribution in [2.75, 3.05) is 18.0 Å². The van der Waals surface area contributed by atoms with E-state index in [9.17, 15) is 19.7 Å². The van der Waals surface area contributed by atoms with Gasteiger partial charge in [0.1, 0.15) is 0 Å². The van der Waals surface area contributed by atoms with Gasteiger partial charge in [-0.1, -0.05) is 12.1 Å². The van der Waals surface area contributed by atoms with Crippen molar-refractivity contribution < 1.29 is 14.5 Å². The first-order valence-electron chi connectivity index (χ1n) is 7.45. The number of non-ortho nitro benzene ring substituents is 1. The lowest BCUT2D eigenvalue weighted by Crippen LogP contribution is -2.33. The van der Waals surface area contributed by atoms with Crippen LogP contribution in [0.25, 0.3) is 0 Å². The summed E-state index contributed by atoms with van der Waals surface area (Å²) in [6.07, 6.45) is 0.833. The van der Waals surface area contributed by atoms with Crippen molar-refractivity contribution in [1.29, 1.82) is 0 Å². The van der Waals surface area contributed by atoms with E-state index in [1.807, 2.05) is 5.38 Å². The molecular weight excluding hydrogens is 330 g/mol. The van der Waals surface area contributed by atoms with Crippen LogP contribution in [0.15, 0.2) is 35.7 Å². The number of rotatable bonds is 5. The van der Waals surface area contributed by atoms with E-state index in [4.69, 9.17) is 0 Å². The summed E-state index contributed by atoms with van der Waals surface area (Å²) in [4.78, 5) is 36.8. The third-order valence-electron chi connectivity index (χ3n) is 3.85. The molecule has 1 N–H and O–H groups in total. The van der Waals surface area contributed by atoms with Gasteiger partial charge < -0.3 is 10.2 Å². The zero-order chi connectivity index (χ0) is 17.1. The minimum absolute atomic E-state index is 0.0283. The number of amides is 2. The Kier molecular flexibility index (Phi) is 4.57. The molecule has 0 bridgehead atoms. The summed E-state index contributed by atoms with van der Waals surface area (Å²) in [5.74, 6) is -0.351. The van der Waals surface area contributed by atoms with Gasteiger partial charge in [-0.15, -0.1) is 11.3 Å². The normalized spacial score (nSPS) is 12.8. The van der Waals surface area contributed by atoms with E-state index in [1.165, 1.54) is 23.5 Å². The highest BCUT2D eigenvalue weighted by atomic mass is 32.1. The molecule has 0 atom stereocenters. The molecule has 2 amide bonds. The predicted molar refractivity (Wildman–Crippen MR) is 90.4 cm³/mol. The van der Waals surface area contributed by atoms with Crippen LogP contribution >= 0.6 is 11.3 Å². The molecule has 3 rings (SSSR count). The standard InChI is InChI=1S/C16H15N3O4S/c20-15(5-7-17-16(21)14-2-1-9-24-14)18-8-6-11-3-4-12(19(22)23)10-13(11)18/h1-4,9-10H,5-8H2,(H,17,21). The summed E-state index contributed by atoms with van der Waals surface area (Å²) in [6.45, 7) is 0.741. The van der Waals surface area contributed by atoms with E-state index in [-0.39, 0.29) is 30.5 Å². The van der Waals surface area contributed by atoms with Crippen molar-refractivity contribution in [3.05, 3.63) is 56.3 Å². The van der Waals surface area contributed by atoms with Gasteiger partial charge in [0.25, 0.3) is 11.6 Å². The molecule has 0 unspecified atom stereocenters. The van der Waals surface area contributed by atoms with Crippen LogP contribution < -0.4 is 10.2 Å². The van der Waals surface area contributed by atoms with Gasteiger partial charge >= 0.3 is 0 Å². The van der Waals surface area contributed by atoms with Crippen LogP contribution in [0, 0.1) is 10.1 Å². The van der Waals surface area contributed by atoms with Crippen molar-refractivity contribution in [3.63, 3.8) is 0 Å². The van der Waals surface area contributed by atoms with Crippen molar-refractivity contribution >= 4 is 34.5 Å². The average molecular weight is 345 g/mol. The Morgan fingerprint density at radius 3 is 2.88 bits per heavy atom. The van der Waals surface area contributed by atoms with Gasteiger partial charge in [-0.05, 0) is 23.4 Å². The molecule has 8 heteroatoms. The summed E-state index contributed by atoms with van der Waals surface area (Å²) in [6, 6.07) is 8.09. The molecule has 2 heterocycles. The summed E-state index contributed by atoms with van der Waals surface area (Å²) in [5, 5.41) is 15.4. The highest BCUT2D eigenvalue weighted by Crippen LogP contribution is 2.31. The van der Waals surface area contributed by atoms with Gasteiger partial charge in [0.2, 0.25) is 5.91 Å². The Morgan fingerprint density at radius 1 is 1.33 bits per heavy atom. The molecule has 7 nitrogen and oxygen atoms in total. The molecular formula is C16H15N3O4S. The summed E-state index contributed by atoms with van der Waals surface area (Å²) >= 11 is 1.34. The van der Waals surface area contributed by atoms with Crippen molar-refractivity contribution in [3.8, 4) is 0 Å². The monoisotopic (exact) mass is 345 g/mol. The van der Waals surface area contributed by atoms with E-state index >= 15 is 0 Å². The number of carbonyl (C=O) groups is 2. The maximum Gasteiger partial charge on any atom is 0.271 e. The maximum absolute atomic E-state index is 12.4. The molecule has 124 valence electrons. The highest BCUT2D eigenvalue weighted by Gasteiger charge is 2.26. The number of anilines is 1. The largest absolute Gasteiger partial charge is 0.351 e. The van der Waals surface area contributed by atoms with Crippen LogP contribution in [-0.2, 0) is 11.2 Å². The maximum atomic E-state index is 12.4. The Balaban J connectivity index is 1.60. The lowest BCUT2D eigenvalue weighted by Gasteiger charge is -2.17. The Hall–Kier alpha value is -2.74. The second-order valence-corrected chi connectivity index (χ2v) is 6.30. The number of nitro groups is 1. The van der Waals surface area contributed by atoms with E-state index in [0.717, 1.165) is 5.56 Å². The highest BCUT2D eigenvalue weighted by molar-refractivity contribution is 7.12. The number of carbonyl (C=O) groups excluding carboxylic acids is 2. The van der Waals surface area contributed by atoms with Crippen molar-refractivity contribution in [1.82, 2.24) is 5.32 Å². The molecule has 0 fully saturated rings. The summed E-state index contributed by atoms with van der Waals surface area (Å²) in [7, 11) is 0. The first-order chi connectivity index (χ1) is 11.6. The fraction of sp³-hybridized carbons (Fsp3) is 0.250. The molecule has 0 spiro atoms. The third kappa shape index (κ3) is 3.28. The SMILES string of the molecule is O=C(NCCC(=O)N1CCc2ccc([N+](=O)[O-])cc21)c1cccs1. The smallest absolute Gasteiger partial charge is 0.271 e. The summed E-state index contributed by atoms with van der Waals surface area (Å²) < 4.78 is 0. The predicted octanol–water partition coefficient (Wildman–Crippen LogP) is 2.37. The van der Waals surface area contributed by atoms with Gasteiger partial charge in [0.15, 0.2) is 0 Å². The molecule has 0 saturated heterocycles. The molecule has 1 aromatic heterocycles. The van der Waals surface area contributed by atoms with E-state index in [2.05, 4.69) is 5.32 Å². The van der Waals surface area contributed by atoms with Crippen LogP contribution in [0.1, 0.15) is 21.7 Å². The lowest BCUT2D eigenvalue weighted by molar-refractivity contribution is -0.384. The number of hydrogen-bond donors (Lipinski definition) is 1. The fourth-order valence-corrected chi connectivity index (χ4v) is 3.29. The zero-order valence-electron chi connectivity index (χ0n) is 12.7. The topological polar surface area (TPSA) is 92.6 Å². The van der Waals surface area contributed by atoms with Crippen LogP contribution in [0.3, 0.4) is 0 Å². The average Bonchev–Trinajstić information content (AvgIpc) is 3.23. The second kappa shape index (κ2) is 6.79. The zero-order valence-corrected chi connectivity index (χ0v) is 13.5. The Bertz CT molecular complexity index is 789. The van der Waals surface area contributed by atoms with Crippen LogP contribution in [0.4, 0.5) is 11.4 Å². The molecule has 0 saturated carbocycles. The number of nitrogens with zero attached hydrogens (tertiary/aromatic N) is 2. The first-order valence-corrected chi connectivity index (χ1v) is 8.33. The quantitative estimate of drug-likeness (QED) is 0.665. The summed E-state index contributed by atoms with van der Waals surface area (Å²) in [5.41, 5.74) is 1.50. The van der Waals surface area contributed by atoms with E-state index in [1.54, 1.807) is 23.1 Å². The minimum Gasteiger partial charge on any atom is -0.351 e. The number of hydrogen-bond acceptors (Lipinski definition) is 5. The molecule has 1 aliphatic rings. The second-order valence-electron chi connectivity index (χ2n) is 5.35. The molecule has 1 aliphatic heterocycles. The number of benzene rings is 1. The minimum atomic E-state index is -0.470. The number of nitrogens with one attached hydrogen (secondary N) is 1. The first kappa shape index (κ1) is 16.1. The number of nitro benzene ring substituents is 1. The molecule has 0 radical (unpaired) electrons. The molecule has 2 aromatic rings. The van der Waals surface area contributed by atoms with Gasteiger partial charge in [-0.25, -0.2) is 0 Å². The van der Waals surface area contributed by atoms with Crippen LogP contribution in [-0.4, -0.2) is 29.8 Å². The Labute approximate surface area is 142 Å². The third-order valence-corrected chi connectivity index (χ3v) is 4.71.